The molecule has 0 bridgehead atoms. The molecule has 2 N–H and O–H groups in total. The van der Waals surface area contributed by atoms with Crippen LogP contribution in [-0.2, 0) is 6.42 Å². The van der Waals surface area contributed by atoms with E-state index >= 15 is 0 Å². The normalized spacial score (nSPS) is 13.2. The molecule has 5 aromatic carbocycles. The van der Waals surface area contributed by atoms with E-state index in [1.807, 2.05) is 18.2 Å². The zero-order valence-electron chi connectivity index (χ0n) is 27.1. The van der Waals surface area contributed by atoms with Gasteiger partial charge in [-0.2, -0.15) is 0 Å². The van der Waals surface area contributed by atoms with Crippen molar-refractivity contribution in [2.45, 2.75) is 19.3 Å². The third kappa shape index (κ3) is 7.46. The van der Waals surface area contributed by atoms with Crippen molar-refractivity contribution in [1.82, 2.24) is 0 Å². The number of benzene rings is 5. The molecule has 230 valence electrons. The fourth-order valence-corrected chi connectivity index (χ4v) is 6.33. The molecule has 7 rings (SSSR count). The molecule has 48 heavy (non-hydrogen) atoms. The van der Waals surface area contributed by atoms with Gasteiger partial charge in [-0.15, -0.1) is 0 Å². The molecule has 0 radical (unpaired) electrons. The molecule has 1 aliphatic rings. The maximum atomic E-state index is 6.79. The molecule has 0 fully saturated rings. The van der Waals surface area contributed by atoms with E-state index < -0.39 is 0 Å². The summed E-state index contributed by atoms with van der Waals surface area (Å²) in [5, 5.41) is 0. The molecule has 1 aliphatic carbocycles. The Morgan fingerprint density at radius 3 is 1.81 bits per heavy atom. The van der Waals surface area contributed by atoms with Crippen molar-refractivity contribution < 1.29 is 0 Å². The van der Waals surface area contributed by atoms with Crippen molar-refractivity contribution in [3.05, 3.63) is 204 Å². The Morgan fingerprint density at radius 1 is 0.562 bits per heavy atom. The summed E-state index contributed by atoms with van der Waals surface area (Å²) in [5.74, 6) is 0. The molecule has 1 nitrogen and oxygen atoms in total. The van der Waals surface area contributed by atoms with E-state index in [0.29, 0.717) is 0 Å². The second kappa shape index (κ2) is 14.8. The topological polar surface area (TPSA) is 26.0 Å². The van der Waals surface area contributed by atoms with Crippen LogP contribution in [0.1, 0.15) is 35.0 Å². The average Bonchev–Trinajstić information content (AvgIpc) is 3.18. The van der Waals surface area contributed by atoms with E-state index in [-0.39, 0.29) is 0 Å². The van der Waals surface area contributed by atoms with Crippen LogP contribution in [0.25, 0.3) is 50.1 Å². The van der Waals surface area contributed by atoms with Crippen molar-refractivity contribution in [2.75, 3.05) is 0 Å². The summed E-state index contributed by atoms with van der Waals surface area (Å²) in [6.45, 7) is 2.33. The minimum atomic E-state index is 0.742. The SMILES string of the molecule is N/C(=C\C(=C/Cc1ccccc1)c1cc(-c2ccccc2)cc(-c2cc(C3=CCCC=C3)bc(-c3ccccc3)c2)c1)c1ccccc1. The summed E-state index contributed by atoms with van der Waals surface area (Å²) < 4.78 is 0. The summed E-state index contributed by atoms with van der Waals surface area (Å²) >= 11 is 0. The minimum absolute atomic E-state index is 0.742. The molecule has 0 amide bonds. The predicted molar refractivity (Wildman–Crippen MR) is 207 cm³/mol. The first-order valence-corrected chi connectivity index (χ1v) is 16.8. The Hall–Kier alpha value is -5.73. The number of allylic oxidation sites excluding steroid dienone is 7. The summed E-state index contributed by atoms with van der Waals surface area (Å²) in [6.07, 6.45) is 14.3. The van der Waals surface area contributed by atoms with Gasteiger partial charge in [0.15, 0.2) is 0 Å². The molecule has 1 heterocycles. The molecule has 0 aliphatic heterocycles. The van der Waals surface area contributed by atoms with Crippen molar-refractivity contribution >= 4 is 23.8 Å². The maximum absolute atomic E-state index is 6.79. The van der Waals surface area contributed by atoms with Crippen LogP contribution in [0.3, 0.4) is 0 Å². The fraction of sp³-hybridized carbons (Fsp3) is 0.0652. The van der Waals surface area contributed by atoms with Crippen molar-refractivity contribution in [1.29, 1.82) is 0 Å². The fourth-order valence-electron chi connectivity index (χ4n) is 6.33. The molecule has 0 unspecified atom stereocenters. The molecular weight excluding hydrogens is 577 g/mol. The van der Waals surface area contributed by atoms with Crippen LogP contribution in [0, 0.1) is 0 Å². The first kappa shape index (κ1) is 30.9. The molecule has 0 atom stereocenters. The Morgan fingerprint density at radius 2 is 1.15 bits per heavy atom. The van der Waals surface area contributed by atoms with Gasteiger partial charge in [0.1, 0.15) is 0 Å². The molecule has 0 saturated carbocycles. The third-order valence-corrected chi connectivity index (χ3v) is 8.89. The summed E-state index contributed by atoms with van der Waals surface area (Å²) in [4.78, 5) is 0. The Labute approximate surface area is 285 Å². The van der Waals surface area contributed by atoms with Gasteiger partial charge in [0.25, 0.3) is 0 Å². The van der Waals surface area contributed by atoms with Gasteiger partial charge < -0.3 is 0 Å². The van der Waals surface area contributed by atoms with Crippen LogP contribution < -0.4 is 5.73 Å². The van der Waals surface area contributed by atoms with Crippen LogP contribution in [0.4, 0.5) is 0 Å². The number of hydrogen-bond acceptors (Lipinski definition) is 1. The Kier molecular flexibility index (Phi) is 9.52. The van der Waals surface area contributed by atoms with Crippen molar-refractivity contribution in [2.24, 2.45) is 5.73 Å². The molecule has 0 spiro atoms. The monoisotopic (exact) mass is 615 g/mol. The first-order chi connectivity index (χ1) is 23.7. The quantitative estimate of drug-likeness (QED) is 0.161. The van der Waals surface area contributed by atoms with E-state index in [1.165, 1.54) is 49.9 Å². The van der Waals surface area contributed by atoms with Gasteiger partial charge in [0.05, 0.1) is 0 Å². The molecule has 2 heteroatoms. The van der Waals surface area contributed by atoms with Gasteiger partial charge >= 0.3 is 274 Å². The number of rotatable bonds is 9. The Bertz CT molecular complexity index is 2120. The van der Waals surface area contributed by atoms with E-state index in [1.54, 1.807) is 0 Å². The second-order valence-corrected chi connectivity index (χ2v) is 12.3. The van der Waals surface area contributed by atoms with Crippen LogP contribution in [0.2, 0.25) is 0 Å². The van der Waals surface area contributed by atoms with Gasteiger partial charge in [-0.25, -0.2) is 0 Å². The van der Waals surface area contributed by atoms with Crippen molar-refractivity contribution in [3.63, 3.8) is 0 Å². The van der Waals surface area contributed by atoms with Crippen LogP contribution >= 0.6 is 0 Å². The predicted octanol–water partition coefficient (Wildman–Crippen LogP) is 11.4. The molecule has 0 saturated heterocycles. The zero-order valence-corrected chi connectivity index (χ0v) is 27.1. The zero-order chi connectivity index (χ0) is 32.5. The first-order valence-electron chi connectivity index (χ1n) is 16.8. The van der Waals surface area contributed by atoms with Gasteiger partial charge in [-0.3, -0.25) is 0 Å². The van der Waals surface area contributed by atoms with Gasteiger partial charge in [0, 0.05) is 0 Å². The van der Waals surface area contributed by atoms with E-state index in [4.69, 9.17) is 5.73 Å². The molecule has 1 aromatic heterocycles. The average molecular weight is 616 g/mol. The molecule has 6 aromatic rings. The van der Waals surface area contributed by atoms with Crippen molar-refractivity contribution in [3.8, 4) is 33.3 Å². The van der Waals surface area contributed by atoms with Crippen LogP contribution in [0.5, 0.6) is 0 Å². The van der Waals surface area contributed by atoms with Gasteiger partial charge in [-0.1, -0.05) is 12.1 Å². The Balaban J connectivity index is 1.43. The second-order valence-electron chi connectivity index (χ2n) is 12.3. The van der Waals surface area contributed by atoms with E-state index in [0.717, 1.165) is 41.7 Å². The number of hydrogen-bond donors (Lipinski definition) is 1. The third-order valence-electron chi connectivity index (χ3n) is 8.89. The summed E-state index contributed by atoms with van der Waals surface area (Å²) in [6, 6.07) is 53.8. The van der Waals surface area contributed by atoms with Crippen LogP contribution in [-0.4, -0.2) is 6.91 Å². The van der Waals surface area contributed by atoms with E-state index in [9.17, 15) is 0 Å². The number of nitrogens with two attached hydrogens (primary N) is 1. The molecular formula is C46H38BN. The van der Waals surface area contributed by atoms with Gasteiger partial charge in [0.2, 0.25) is 0 Å². The summed E-state index contributed by atoms with van der Waals surface area (Å²) in [5.41, 5.74) is 21.7. The van der Waals surface area contributed by atoms with E-state index in [2.05, 4.69) is 171 Å². The standard InChI is InChI=1S/C46H38BN/c48-46(38-24-14-5-15-25-38)33-39(27-26-34-16-6-1-7-17-34)41-28-40(35-18-8-2-9-19-35)29-42(30-41)43-31-44(36-20-10-3-11-21-36)47-45(32-43)37-22-12-4-13-23-37/h1-3,5-12,14-25,27-33H,4,13,26,48H2/b39-27+,46-33-. The van der Waals surface area contributed by atoms with Gasteiger partial charge in [-0.05, 0) is 0 Å². The summed E-state index contributed by atoms with van der Waals surface area (Å²) in [7, 11) is 0. The van der Waals surface area contributed by atoms with Crippen LogP contribution in [0.15, 0.2) is 182 Å².